The Morgan fingerprint density at radius 2 is 1.33 bits per heavy atom. The lowest BCUT2D eigenvalue weighted by molar-refractivity contribution is -0.0510. The summed E-state index contributed by atoms with van der Waals surface area (Å²) in [6.07, 6.45) is 0. The summed E-state index contributed by atoms with van der Waals surface area (Å²) >= 11 is 10.1. The van der Waals surface area contributed by atoms with Crippen molar-refractivity contribution >= 4 is 33.3 Å². The van der Waals surface area contributed by atoms with Crippen molar-refractivity contribution in [3.63, 3.8) is 0 Å². The van der Waals surface area contributed by atoms with Crippen LogP contribution in [0.2, 0.25) is 0 Å². The Morgan fingerprint density at radius 3 is 1.33 bits per heavy atom. The maximum Gasteiger partial charge on any atom is 0.522 e. The van der Waals surface area contributed by atoms with Crippen LogP contribution in [0.3, 0.4) is 0 Å². The zero-order valence-electron chi connectivity index (χ0n) is 5.48. The van der Waals surface area contributed by atoms with E-state index in [1.54, 1.807) is 0 Å². The summed E-state index contributed by atoms with van der Waals surface area (Å²) in [6.45, 7) is 0. The summed E-state index contributed by atoms with van der Waals surface area (Å²) in [4.78, 5) is 0. The molecule has 0 atom stereocenters. The maximum absolute atomic E-state index is 10.7. The van der Waals surface area contributed by atoms with Gasteiger partial charge in [-0.15, -0.1) is 23.2 Å². The minimum atomic E-state index is -5.84. The molecule has 0 aliphatic heterocycles. The predicted molar refractivity (Wildman–Crippen MR) is 39.0 cm³/mol. The molecule has 0 aromatic heterocycles. The number of hydrogen-bond acceptors (Lipinski definition) is 2. The Bertz CT molecular complexity index is 197. The smallest absolute Gasteiger partial charge is 0.279 e. The van der Waals surface area contributed by atoms with Crippen LogP contribution in [0.25, 0.3) is 0 Å². The minimum absolute atomic E-state index is 0.557. The second kappa shape index (κ2) is 5.85. The molecule has 3 nitrogen and oxygen atoms in total. The molecular weight excluding hydrogens is 244 g/mol. The Balaban J connectivity index is 0. The van der Waals surface area contributed by atoms with Gasteiger partial charge >= 0.3 is 15.6 Å². The molecule has 9 heteroatoms. The first-order valence-electron chi connectivity index (χ1n) is 2.32. The van der Waals surface area contributed by atoms with Gasteiger partial charge in [0.25, 0.3) is 0 Å². The van der Waals surface area contributed by atoms with Gasteiger partial charge in [-0.25, -0.2) is 0 Å². The van der Waals surface area contributed by atoms with E-state index in [0.717, 1.165) is 0 Å². The summed E-state index contributed by atoms with van der Waals surface area (Å²) in [5, 5.41) is 0. The summed E-state index contributed by atoms with van der Waals surface area (Å²) in [6, 6.07) is 0. The van der Waals surface area contributed by atoms with Crippen LogP contribution in [0, 0.1) is 0 Å². The average Bonchev–Trinajstić information content (AvgIpc) is 1.84. The first-order valence-corrected chi connectivity index (χ1v) is 4.83. The van der Waals surface area contributed by atoms with E-state index in [2.05, 4.69) is 0 Å². The molecule has 0 aromatic rings. The number of alkyl halides is 5. The van der Waals surface area contributed by atoms with Crippen molar-refractivity contribution in [2.24, 2.45) is 0 Å². The standard InChI is InChI=1S/C2H4Cl2.CHF3O3S/c3-1-2-4;2-1(3,4)8(5,6)7/h1-2H2;(H,5,6,7). The largest absolute Gasteiger partial charge is 0.522 e. The fourth-order valence-electron chi connectivity index (χ4n) is 0. The van der Waals surface area contributed by atoms with Crippen LogP contribution in [-0.4, -0.2) is 30.2 Å². The van der Waals surface area contributed by atoms with Crippen molar-refractivity contribution in [1.82, 2.24) is 0 Å². The van der Waals surface area contributed by atoms with E-state index >= 15 is 0 Å². The van der Waals surface area contributed by atoms with E-state index in [1.165, 1.54) is 0 Å². The topological polar surface area (TPSA) is 54.4 Å². The first kappa shape index (κ1) is 14.8. The number of rotatable bonds is 1. The van der Waals surface area contributed by atoms with E-state index in [0.29, 0.717) is 11.8 Å². The van der Waals surface area contributed by atoms with Crippen LogP contribution < -0.4 is 0 Å². The van der Waals surface area contributed by atoms with Gasteiger partial charge in [0.2, 0.25) is 0 Å². The van der Waals surface area contributed by atoms with E-state index in [1.807, 2.05) is 0 Å². The van der Waals surface area contributed by atoms with Crippen LogP contribution in [0.15, 0.2) is 0 Å². The van der Waals surface area contributed by atoms with Crippen LogP contribution >= 0.6 is 23.2 Å². The molecule has 1 N–H and O–H groups in total. The fourth-order valence-corrected chi connectivity index (χ4v) is 0. The third kappa shape index (κ3) is 8.38. The molecular formula is C3H5Cl2F3O3S. The van der Waals surface area contributed by atoms with Gasteiger partial charge in [-0.3, -0.25) is 4.55 Å². The molecule has 0 aromatic carbocycles. The Morgan fingerprint density at radius 1 is 1.17 bits per heavy atom. The number of halogens is 5. The van der Waals surface area contributed by atoms with Crippen LogP contribution in [-0.2, 0) is 10.1 Å². The van der Waals surface area contributed by atoms with Crippen molar-refractivity contribution in [2.75, 3.05) is 11.8 Å². The molecule has 12 heavy (non-hydrogen) atoms. The van der Waals surface area contributed by atoms with Gasteiger partial charge in [-0.05, 0) is 0 Å². The lowest BCUT2D eigenvalue weighted by atomic mass is 11.0. The van der Waals surface area contributed by atoms with E-state index in [9.17, 15) is 13.2 Å². The summed E-state index contributed by atoms with van der Waals surface area (Å²) in [5.74, 6) is 1.11. The Labute approximate surface area is 77.2 Å². The molecule has 0 aliphatic rings. The second-order valence-electron chi connectivity index (χ2n) is 1.30. The van der Waals surface area contributed by atoms with Crippen LogP contribution in [0.5, 0.6) is 0 Å². The summed E-state index contributed by atoms with van der Waals surface area (Å²) in [5.41, 5.74) is -5.53. The molecule has 0 saturated carbocycles. The quantitative estimate of drug-likeness (QED) is 0.438. The molecule has 0 rings (SSSR count). The SMILES string of the molecule is ClCCCl.O=S(=O)(O)C(F)(F)F. The third-order valence-corrected chi connectivity index (χ3v) is 1.52. The maximum atomic E-state index is 10.7. The van der Waals surface area contributed by atoms with Gasteiger partial charge in [-0.1, -0.05) is 0 Å². The molecule has 0 unspecified atom stereocenters. The highest BCUT2D eigenvalue weighted by atomic mass is 35.5. The van der Waals surface area contributed by atoms with E-state index < -0.39 is 15.6 Å². The normalized spacial score (nSPS) is 11.8. The van der Waals surface area contributed by atoms with E-state index in [-0.39, 0.29) is 0 Å². The molecule has 0 saturated heterocycles. The summed E-state index contributed by atoms with van der Waals surface area (Å²) < 4.78 is 57.5. The van der Waals surface area contributed by atoms with Crippen molar-refractivity contribution in [1.29, 1.82) is 0 Å². The van der Waals surface area contributed by atoms with Crippen molar-refractivity contribution in [3.05, 3.63) is 0 Å². The molecule has 0 fully saturated rings. The molecule has 0 amide bonds. The molecule has 0 radical (unpaired) electrons. The van der Waals surface area contributed by atoms with Crippen LogP contribution in [0.1, 0.15) is 0 Å². The van der Waals surface area contributed by atoms with Gasteiger partial charge in [-0.2, -0.15) is 21.6 Å². The van der Waals surface area contributed by atoms with Gasteiger partial charge in [0, 0.05) is 11.8 Å². The zero-order valence-corrected chi connectivity index (χ0v) is 7.80. The van der Waals surface area contributed by atoms with Crippen molar-refractivity contribution < 1.29 is 26.1 Å². The van der Waals surface area contributed by atoms with Crippen molar-refractivity contribution in [3.8, 4) is 0 Å². The van der Waals surface area contributed by atoms with Crippen molar-refractivity contribution in [2.45, 2.75) is 5.51 Å². The lowest BCUT2D eigenvalue weighted by Gasteiger charge is -1.97. The molecule has 76 valence electrons. The Hall–Kier alpha value is 0.280. The average molecular weight is 249 g/mol. The highest BCUT2D eigenvalue weighted by molar-refractivity contribution is 7.86. The monoisotopic (exact) mass is 248 g/mol. The number of hydrogen-bond donors (Lipinski definition) is 1. The molecule has 0 bridgehead atoms. The van der Waals surface area contributed by atoms with E-state index in [4.69, 9.17) is 36.2 Å². The fraction of sp³-hybridized carbons (Fsp3) is 1.00. The first-order chi connectivity index (χ1) is 5.16. The highest BCUT2D eigenvalue weighted by Crippen LogP contribution is 2.20. The van der Waals surface area contributed by atoms with Gasteiger partial charge in [0.1, 0.15) is 0 Å². The van der Waals surface area contributed by atoms with Gasteiger partial charge in [0.05, 0.1) is 0 Å². The highest BCUT2D eigenvalue weighted by Gasteiger charge is 2.44. The minimum Gasteiger partial charge on any atom is -0.279 e. The second-order valence-corrected chi connectivity index (χ2v) is 3.47. The molecule has 0 aliphatic carbocycles. The lowest BCUT2D eigenvalue weighted by Crippen LogP contribution is -2.21. The zero-order chi connectivity index (χ0) is 10.4. The van der Waals surface area contributed by atoms with Crippen LogP contribution in [0.4, 0.5) is 13.2 Å². The molecule has 0 heterocycles. The Kier molecular flexibility index (Phi) is 7.20. The van der Waals surface area contributed by atoms with Gasteiger partial charge in [0.15, 0.2) is 0 Å². The summed E-state index contributed by atoms with van der Waals surface area (Å²) in [7, 11) is -5.84. The predicted octanol–water partition coefficient (Wildman–Crippen LogP) is 1.86. The molecule has 0 spiro atoms. The van der Waals surface area contributed by atoms with Gasteiger partial charge < -0.3 is 0 Å². The third-order valence-electron chi connectivity index (χ3n) is 0.364.